The first-order valence-corrected chi connectivity index (χ1v) is 5.88. The van der Waals surface area contributed by atoms with Gasteiger partial charge in [0.05, 0.1) is 10.6 Å². The molecular weight excluding hydrogens is 258 g/mol. The second-order valence-corrected chi connectivity index (χ2v) is 4.21. The van der Waals surface area contributed by atoms with Crippen LogP contribution in [-0.2, 0) is 0 Å². The van der Waals surface area contributed by atoms with Gasteiger partial charge in [0.2, 0.25) is 0 Å². The molecule has 98 valence electrons. The summed E-state index contributed by atoms with van der Waals surface area (Å²) in [5.74, 6) is 0. The maximum absolute atomic E-state index is 12.0. The second-order valence-electron chi connectivity index (χ2n) is 4.21. The third-order valence-electron chi connectivity index (χ3n) is 2.94. The minimum Gasteiger partial charge on any atom is -0.269 e. The van der Waals surface area contributed by atoms with Crippen molar-refractivity contribution < 1.29 is 4.92 Å². The summed E-state index contributed by atoms with van der Waals surface area (Å²) in [6, 6.07) is 12.6. The molecule has 2 aromatic heterocycles. The molecule has 0 saturated heterocycles. The van der Waals surface area contributed by atoms with Gasteiger partial charge in [-0.3, -0.25) is 19.3 Å². The van der Waals surface area contributed by atoms with E-state index in [1.165, 1.54) is 22.6 Å². The molecule has 0 atom stereocenters. The smallest absolute Gasteiger partial charge is 0.269 e. The topological polar surface area (TPSA) is 77.5 Å². The van der Waals surface area contributed by atoms with E-state index in [2.05, 4.69) is 4.98 Å². The molecule has 0 unspecified atom stereocenters. The van der Waals surface area contributed by atoms with Crippen molar-refractivity contribution in [1.29, 1.82) is 0 Å². The van der Waals surface area contributed by atoms with Crippen molar-refractivity contribution in [2.45, 2.75) is 0 Å². The van der Waals surface area contributed by atoms with Gasteiger partial charge in [-0.25, -0.2) is 4.98 Å². The number of aromatic nitrogens is 2. The summed E-state index contributed by atoms with van der Waals surface area (Å²) in [4.78, 5) is 26.5. The average molecular weight is 267 g/mol. The minimum atomic E-state index is -0.466. The van der Waals surface area contributed by atoms with Crippen LogP contribution in [0.5, 0.6) is 0 Å². The van der Waals surface area contributed by atoms with E-state index in [9.17, 15) is 14.9 Å². The van der Waals surface area contributed by atoms with Crippen molar-refractivity contribution in [1.82, 2.24) is 9.38 Å². The van der Waals surface area contributed by atoms with E-state index in [0.29, 0.717) is 16.9 Å². The quantitative estimate of drug-likeness (QED) is 0.527. The Hall–Kier alpha value is -3.02. The predicted octanol–water partition coefficient (Wildman–Crippen LogP) is 2.27. The van der Waals surface area contributed by atoms with E-state index in [-0.39, 0.29) is 11.2 Å². The molecule has 0 aliphatic rings. The lowest BCUT2D eigenvalue weighted by Crippen LogP contribution is -2.13. The molecule has 3 aromatic rings. The third kappa shape index (κ3) is 2.03. The minimum absolute atomic E-state index is 0.00580. The van der Waals surface area contributed by atoms with E-state index in [0.717, 1.165) is 0 Å². The van der Waals surface area contributed by atoms with Crippen molar-refractivity contribution in [3.8, 4) is 11.3 Å². The van der Waals surface area contributed by atoms with Gasteiger partial charge in [0, 0.05) is 30.0 Å². The first-order valence-electron chi connectivity index (χ1n) is 5.88. The number of benzene rings is 1. The molecule has 0 aliphatic carbocycles. The molecule has 1 aromatic carbocycles. The number of hydrogen-bond acceptors (Lipinski definition) is 4. The lowest BCUT2D eigenvalue weighted by Gasteiger charge is -2.03. The zero-order valence-corrected chi connectivity index (χ0v) is 10.3. The number of nitro groups is 1. The number of hydrogen-bond donors (Lipinski definition) is 0. The standard InChI is InChI=1S/C14H9N3O3/c18-14-9-12(15-13-3-1-2-8-16(13)14)10-4-6-11(7-5-10)17(19)20/h1-9H. The molecule has 6 nitrogen and oxygen atoms in total. The van der Waals surface area contributed by atoms with Gasteiger partial charge in [0.25, 0.3) is 11.2 Å². The van der Waals surface area contributed by atoms with Crippen molar-refractivity contribution in [3.05, 3.63) is 75.2 Å². The Labute approximate surface area is 113 Å². The van der Waals surface area contributed by atoms with Gasteiger partial charge >= 0.3 is 0 Å². The van der Waals surface area contributed by atoms with Crippen LogP contribution < -0.4 is 5.56 Å². The van der Waals surface area contributed by atoms with Gasteiger partial charge in [0.15, 0.2) is 0 Å². The highest BCUT2D eigenvalue weighted by Crippen LogP contribution is 2.20. The third-order valence-corrected chi connectivity index (χ3v) is 2.94. The van der Waals surface area contributed by atoms with Crippen LogP contribution >= 0.6 is 0 Å². The highest BCUT2D eigenvalue weighted by Gasteiger charge is 2.07. The lowest BCUT2D eigenvalue weighted by atomic mass is 10.1. The highest BCUT2D eigenvalue weighted by atomic mass is 16.6. The molecule has 2 heterocycles. The Morgan fingerprint density at radius 3 is 2.55 bits per heavy atom. The molecular formula is C14H9N3O3. The zero-order chi connectivity index (χ0) is 14.1. The molecule has 0 saturated carbocycles. The SMILES string of the molecule is O=c1cc(-c2ccc([N+](=O)[O-])cc2)nc2ccccn12. The zero-order valence-electron chi connectivity index (χ0n) is 10.3. The summed E-state index contributed by atoms with van der Waals surface area (Å²) in [5.41, 5.74) is 1.51. The fourth-order valence-electron chi connectivity index (χ4n) is 1.96. The molecule has 0 spiro atoms. The fraction of sp³-hybridized carbons (Fsp3) is 0. The Morgan fingerprint density at radius 1 is 1.10 bits per heavy atom. The van der Waals surface area contributed by atoms with Crippen LogP contribution in [0.3, 0.4) is 0 Å². The fourth-order valence-corrected chi connectivity index (χ4v) is 1.96. The van der Waals surface area contributed by atoms with Crippen molar-refractivity contribution in [2.24, 2.45) is 0 Å². The first-order chi connectivity index (χ1) is 9.65. The largest absolute Gasteiger partial charge is 0.269 e. The summed E-state index contributed by atoms with van der Waals surface area (Å²) in [6.45, 7) is 0. The number of nitrogens with zero attached hydrogens (tertiary/aromatic N) is 3. The Kier molecular flexibility index (Phi) is 2.76. The van der Waals surface area contributed by atoms with Crippen LogP contribution in [0, 0.1) is 10.1 Å². The van der Waals surface area contributed by atoms with Crippen molar-refractivity contribution in [2.75, 3.05) is 0 Å². The van der Waals surface area contributed by atoms with Crippen molar-refractivity contribution in [3.63, 3.8) is 0 Å². The van der Waals surface area contributed by atoms with Gasteiger partial charge in [-0.05, 0) is 24.3 Å². The maximum atomic E-state index is 12.0. The summed E-state index contributed by atoms with van der Waals surface area (Å²) in [6.07, 6.45) is 1.64. The molecule has 0 fully saturated rings. The number of pyridine rings is 1. The normalized spacial score (nSPS) is 10.6. The van der Waals surface area contributed by atoms with Gasteiger partial charge in [-0.15, -0.1) is 0 Å². The van der Waals surface area contributed by atoms with Crippen LogP contribution in [0.25, 0.3) is 16.9 Å². The Morgan fingerprint density at radius 2 is 1.85 bits per heavy atom. The molecule has 0 bridgehead atoms. The van der Waals surface area contributed by atoms with Crippen LogP contribution in [-0.4, -0.2) is 14.3 Å². The first kappa shape index (κ1) is 12.0. The molecule has 3 rings (SSSR count). The van der Waals surface area contributed by atoms with E-state index in [1.54, 1.807) is 36.5 Å². The summed E-state index contributed by atoms with van der Waals surface area (Å²) in [7, 11) is 0. The Bertz CT molecular complexity index is 853. The second kappa shape index (κ2) is 4.58. The summed E-state index contributed by atoms with van der Waals surface area (Å²) in [5, 5.41) is 10.6. The summed E-state index contributed by atoms with van der Waals surface area (Å²) < 4.78 is 1.44. The molecule has 0 amide bonds. The van der Waals surface area contributed by atoms with Gasteiger partial charge in [-0.1, -0.05) is 6.07 Å². The number of non-ortho nitro benzene ring substituents is 1. The van der Waals surface area contributed by atoms with Crippen LogP contribution in [0.4, 0.5) is 5.69 Å². The molecule has 20 heavy (non-hydrogen) atoms. The Balaban J connectivity index is 2.14. The lowest BCUT2D eigenvalue weighted by molar-refractivity contribution is -0.384. The number of fused-ring (bicyclic) bond motifs is 1. The van der Waals surface area contributed by atoms with E-state index >= 15 is 0 Å². The van der Waals surface area contributed by atoms with Gasteiger partial charge < -0.3 is 0 Å². The number of rotatable bonds is 2. The molecule has 0 aliphatic heterocycles. The van der Waals surface area contributed by atoms with Crippen molar-refractivity contribution >= 4 is 11.3 Å². The molecule has 6 heteroatoms. The number of nitro benzene ring substituents is 1. The predicted molar refractivity (Wildman–Crippen MR) is 73.6 cm³/mol. The van der Waals surface area contributed by atoms with Crippen LogP contribution in [0.1, 0.15) is 0 Å². The highest BCUT2D eigenvalue weighted by molar-refractivity contribution is 5.62. The van der Waals surface area contributed by atoms with Crippen LogP contribution in [0.15, 0.2) is 59.5 Å². The average Bonchev–Trinajstić information content (AvgIpc) is 2.47. The summed E-state index contributed by atoms with van der Waals surface area (Å²) >= 11 is 0. The van der Waals surface area contributed by atoms with E-state index in [1.807, 2.05) is 0 Å². The van der Waals surface area contributed by atoms with Gasteiger partial charge in [0.1, 0.15) is 5.65 Å². The van der Waals surface area contributed by atoms with Crippen LogP contribution in [0.2, 0.25) is 0 Å². The monoisotopic (exact) mass is 267 g/mol. The van der Waals surface area contributed by atoms with E-state index in [4.69, 9.17) is 0 Å². The molecule has 0 N–H and O–H groups in total. The van der Waals surface area contributed by atoms with Gasteiger partial charge in [-0.2, -0.15) is 0 Å². The van der Waals surface area contributed by atoms with E-state index < -0.39 is 4.92 Å². The molecule has 0 radical (unpaired) electrons. The maximum Gasteiger partial charge on any atom is 0.269 e.